The Labute approximate surface area is 163 Å². The van der Waals surface area contributed by atoms with Crippen LogP contribution in [0.15, 0.2) is 51.8 Å². The molecular formula is C19H23BrN2O3S. The zero-order valence-corrected chi connectivity index (χ0v) is 17.4. The molecule has 1 aliphatic rings. The molecule has 3 rings (SSSR count). The second-order valence-corrected chi connectivity index (χ2v) is 9.03. The molecule has 0 spiro atoms. The summed E-state index contributed by atoms with van der Waals surface area (Å²) in [6.45, 7) is 4.37. The van der Waals surface area contributed by atoms with Crippen molar-refractivity contribution in [2.75, 3.05) is 38.2 Å². The fraction of sp³-hybridized carbons (Fsp3) is 0.368. The largest absolute Gasteiger partial charge is 0.495 e. The number of halogens is 1. The topological polar surface area (TPSA) is 49.9 Å². The van der Waals surface area contributed by atoms with Crippen LogP contribution in [0.5, 0.6) is 5.75 Å². The Kier molecular flexibility index (Phi) is 5.89. The quantitative estimate of drug-likeness (QED) is 0.716. The number of piperazine rings is 1. The molecule has 0 radical (unpaired) electrons. The summed E-state index contributed by atoms with van der Waals surface area (Å²) in [6, 6.07) is 13.5. The number of aryl methyl sites for hydroxylation is 1. The normalized spacial score (nSPS) is 15.9. The molecule has 1 heterocycles. The van der Waals surface area contributed by atoms with Gasteiger partial charge in [0.15, 0.2) is 0 Å². The van der Waals surface area contributed by atoms with E-state index in [-0.39, 0.29) is 4.90 Å². The van der Waals surface area contributed by atoms with Crippen LogP contribution in [-0.2, 0) is 16.4 Å². The van der Waals surface area contributed by atoms with E-state index in [1.807, 2.05) is 0 Å². The Morgan fingerprint density at radius 1 is 1.04 bits per heavy atom. The van der Waals surface area contributed by atoms with Gasteiger partial charge in [-0.25, -0.2) is 8.42 Å². The van der Waals surface area contributed by atoms with E-state index in [4.69, 9.17) is 4.74 Å². The third-order valence-corrected chi connectivity index (χ3v) is 7.10. The second kappa shape index (κ2) is 7.98. The van der Waals surface area contributed by atoms with Crippen molar-refractivity contribution in [1.82, 2.24) is 4.31 Å². The number of methoxy groups -OCH3 is 1. The summed E-state index contributed by atoms with van der Waals surface area (Å²) < 4.78 is 33.6. The molecule has 140 valence electrons. The van der Waals surface area contributed by atoms with Crippen LogP contribution in [0.3, 0.4) is 0 Å². The molecule has 1 saturated heterocycles. The van der Waals surface area contributed by atoms with Crippen LogP contribution >= 0.6 is 15.9 Å². The second-order valence-electron chi connectivity index (χ2n) is 6.21. The van der Waals surface area contributed by atoms with Gasteiger partial charge in [-0.1, -0.05) is 35.0 Å². The minimum atomic E-state index is -3.59. The third-order valence-electron chi connectivity index (χ3n) is 4.69. The van der Waals surface area contributed by atoms with Crippen molar-refractivity contribution in [3.05, 3.63) is 52.5 Å². The van der Waals surface area contributed by atoms with Crippen molar-refractivity contribution in [2.24, 2.45) is 0 Å². The first kappa shape index (κ1) is 19.2. The van der Waals surface area contributed by atoms with Gasteiger partial charge >= 0.3 is 0 Å². The molecule has 0 N–H and O–H groups in total. The average Bonchev–Trinajstić information content (AvgIpc) is 2.68. The minimum Gasteiger partial charge on any atom is -0.495 e. The van der Waals surface area contributed by atoms with Crippen LogP contribution in [0.4, 0.5) is 5.69 Å². The van der Waals surface area contributed by atoms with Gasteiger partial charge in [-0.2, -0.15) is 4.31 Å². The average molecular weight is 439 g/mol. The van der Waals surface area contributed by atoms with Gasteiger partial charge in [-0.05, 0) is 42.3 Å². The van der Waals surface area contributed by atoms with Gasteiger partial charge in [0, 0.05) is 36.3 Å². The highest BCUT2D eigenvalue weighted by Crippen LogP contribution is 2.30. The number of hydrogen-bond donors (Lipinski definition) is 0. The summed E-state index contributed by atoms with van der Waals surface area (Å²) in [4.78, 5) is 2.43. The first-order valence-corrected chi connectivity index (χ1v) is 10.9. The predicted octanol–water partition coefficient (Wildman–Crippen LogP) is 3.53. The molecule has 1 aliphatic heterocycles. The molecule has 1 fully saturated rings. The molecule has 26 heavy (non-hydrogen) atoms. The number of sulfonamides is 1. The maximum absolute atomic E-state index is 13.1. The van der Waals surface area contributed by atoms with Crippen LogP contribution in [0.25, 0.3) is 0 Å². The van der Waals surface area contributed by atoms with Gasteiger partial charge in [-0.3, -0.25) is 0 Å². The van der Waals surface area contributed by atoms with E-state index in [2.05, 4.69) is 52.0 Å². The molecule has 0 aromatic heterocycles. The molecular weight excluding hydrogens is 416 g/mol. The summed E-state index contributed by atoms with van der Waals surface area (Å²) >= 11 is 3.35. The van der Waals surface area contributed by atoms with E-state index in [1.165, 1.54) is 17.0 Å². The Morgan fingerprint density at radius 2 is 1.69 bits per heavy atom. The molecule has 7 heteroatoms. The summed E-state index contributed by atoms with van der Waals surface area (Å²) in [5.41, 5.74) is 2.44. The lowest BCUT2D eigenvalue weighted by Crippen LogP contribution is -2.48. The van der Waals surface area contributed by atoms with Gasteiger partial charge in [0.05, 0.1) is 7.11 Å². The SMILES string of the molecule is CCc1ccc(N2CCN(S(=O)(=O)c3cc(Br)ccc3OC)CC2)cc1. The van der Waals surface area contributed by atoms with E-state index >= 15 is 0 Å². The van der Waals surface area contributed by atoms with Gasteiger partial charge in [-0.15, -0.1) is 0 Å². The molecule has 0 amide bonds. The number of hydrogen-bond acceptors (Lipinski definition) is 4. The van der Waals surface area contributed by atoms with Crippen LogP contribution in [-0.4, -0.2) is 46.0 Å². The lowest BCUT2D eigenvalue weighted by atomic mass is 10.1. The Balaban J connectivity index is 1.75. The highest BCUT2D eigenvalue weighted by atomic mass is 79.9. The zero-order valence-electron chi connectivity index (χ0n) is 15.0. The van der Waals surface area contributed by atoms with Crippen molar-refractivity contribution in [3.63, 3.8) is 0 Å². The third kappa shape index (κ3) is 3.89. The molecule has 0 atom stereocenters. The first-order chi connectivity index (χ1) is 12.5. The fourth-order valence-corrected chi connectivity index (χ4v) is 5.24. The molecule has 0 unspecified atom stereocenters. The standard InChI is InChI=1S/C19H23BrN2O3S/c1-3-15-4-7-17(8-5-15)21-10-12-22(13-11-21)26(23,24)19-14-16(20)6-9-18(19)25-2/h4-9,14H,3,10-13H2,1-2H3. The van der Waals surface area contributed by atoms with Crippen LogP contribution in [0.1, 0.15) is 12.5 Å². The fourth-order valence-electron chi connectivity index (χ4n) is 3.12. The number of ether oxygens (including phenoxy) is 1. The molecule has 0 aliphatic carbocycles. The van der Waals surface area contributed by atoms with Crippen LogP contribution in [0.2, 0.25) is 0 Å². The molecule has 5 nitrogen and oxygen atoms in total. The van der Waals surface area contributed by atoms with Gasteiger partial charge in [0.1, 0.15) is 10.6 Å². The summed E-state index contributed by atoms with van der Waals surface area (Å²) in [5, 5.41) is 0. The van der Waals surface area contributed by atoms with Crippen molar-refractivity contribution in [3.8, 4) is 5.75 Å². The Morgan fingerprint density at radius 3 is 2.27 bits per heavy atom. The van der Waals surface area contributed by atoms with E-state index in [0.717, 1.165) is 12.1 Å². The summed E-state index contributed by atoms with van der Waals surface area (Å²) in [5.74, 6) is 0.366. The van der Waals surface area contributed by atoms with Crippen molar-refractivity contribution in [1.29, 1.82) is 0 Å². The van der Waals surface area contributed by atoms with Crippen molar-refractivity contribution in [2.45, 2.75) is 18.2 Å². The van der Waals surface area contributed by atoms with Crippen molar-refractivity contribution >= 4 is 31.6 Å². The Bertz CT molecular complexity index is 861. The highest BCUT2D eigenvalue weighted by Gasteiger charge is 2.31. The zero-order chi connectivity index (χ0) is 18.7. The summed E-state index contributed by atoms with van der Waals surface area (Å²) in [6.07, 6.45) is 1.01. The monoisotopic (exact) mass is 438 g/mol. The maximum atomic E-state index is 13.1. The van der Waals surface area contributed by atoms with E-state index < -0.39 is 10.0 Å². The Hall–Kier alpha value is -1.57. The predicted molar refractivity (Wildman–Crippen MR) is 107 cm³/mol. The van der Waals surface area contributed by atoms with Crippen LogP contribution in [0, 0.1) is 0 Å². The molecule has 0 saturated carbocycles. The van der Waals surface area contributed by atoms with Crippen molar-refractivity contribution < 1.29 is 13.2 Å². The minimum absolute atomic E-state index is 0.204. The lowest BCUT2D eigenvalue weighted by molar-refractivity contribution is 0.374. The van der Waals surface area contributed by atoms with Gasteiger partial charge in [0.2, 0.25) is 10.0 Å². The lowest BCUT2D eigenvalue weighted by Gasteiger charge is -2.35. The van der Waals surface area contributed by atoms with Gasteiger partial charge < -0.3 is 9.64 Å². The molecule has 2 aromatic carbocycles. The van der Waals surface area contributed by atoms with Gasteiger partial charge in [0.25, 0.3) is 0 Å². The molecule has 0 bridgehead atoms. The molecule has 2 aromatic rings. The maximum Gasteiger partial charge on any atom is 0.246 e. The number of benzene rings is 2. The van der Waals surface area contributed by atoms with E-state index in [9.17, 15) is 8.42 Å². The van der Waals surface area contributed by atoms with Crippen LogP contribution < -0.4 is 9.64 Å². The summed E-state index contributed by atoms with van der Waals surface area (Å²) in [7, 11) is -2.11. The number of nitrogens with zero attached hydrogens (tertiary/aromatic N) is 2. The first-order valence-electron chi connectivity index (χ1n) is 8.63. The van der Waals surface area contributed by atoms with E-state index in [0.29, 0.717) is 36.4 Å². The van der Waals surface area contributed by atoms with E-state index in [1.54, 1.807) is 18.2 Å². The smallest absolute Gasteiger partial charge is 0.246 e. The number of anilines is 1. The number of rotatable bonds is 5. The highest BCUT2D eigenvalue weighted by molar-refractivity contribution is 9.10.